The lowest BCUT2D eigenvalue weighted by molar-refractivity contribution is -0.145. The first-order valence-corrected chi connectivity index (χ1v) is 6.36. The van der Waals surface area contributed by atoms with Gasteiger partial charge in [-0.25, -0.2) is 0 Å². The minimum Gasteiger partial charge on any atom is -0.331 e. The molecule has 0 bridgehead atoms. The Morgan fingerprint density at radius 3 is 2.35 bits per heavy atom. The number of rotatable bonds is 1. The van der Waals surface area contributed by atoms with Crippen molar-refractivity contribution in [3.63, 3.8) is 0 Å². The molecule has 0 aliphatic carbocycles. The van der Waals surface area contributed by atoms with E-state index in [1.54, 1.807) is 0 Å². The summed E-state index contributed by atoms with van der Waals surface area (Å²) in [4.78, 5) is 16.7. The van der Waals surface area contributed by atoms with Gasteiger partial charge in [0.15, 0.2) is 0 Å². The average molecular weight is 241 g/mol. The second kappa shape index (κ2) is 4.58. The summed E-state index contributed by atoms with van der Waals surface area (Å²) >= 11 is 0. The highest BCUT2D eigenvalue weighted by Crippen LogP contribution is 2.31. The van der Waals surface area contributed by atoms with Crippen LogP contribution < -0.4 is 5.73 Å². The van der Waals surface area contributed by atoms with E-state index < -0.39 is 0 Å². The van der Waals surface area contributed by atoms with Crippen LogP contribution in [0.1, 0.15) is 41.0 Å². The first-order valence-electron chi connectivity index (χ1n) is 6.36. The number of carbonyl (C=O) groups is 1. The fourth-order valence-corrected chi connectivity index (χ4v) is 2.87. The summed E-state index contributed by atoms with van der Waals surface area (Å²) in [6.45, 7) is 11.8. The van der Waals surface area contributed by atoms with Crippen LogP contribution in [0.3, 0.4) is 0 Å². The maximum absolute atomic E-state index is 12.7. The quantitative estimate of drug-likeness (QED) is 0.746. The highest BCUT2D eigenvalue weighted by atomic mass is 16.2. The van der Waals surface area contributed by atoms with Gasteiger partial charge in [-0.05, 0) is 48.1 Å². The van der Waals surface area contributed by atoms with Crippen molar-refractivity contribution >= 4 is 5.91 Å². The molecule has 1 amide bonds. The Morgan fingerprint density at radius 2 is 1.94 bits per heavy atom. The topological polar surface area (TPSA) is 49.6 Å². The Labute approximate surface area is 105 Å². The molecule has 1 heterocycles. The lowest BCUT2D eigenvalue weighted by Gasteiger charge is -2.47. The van der Waals surface area contributed by atoms with Crippen LogP contribution in [0.5, 0.6) is 0 Å². The molecule has 1 atom stereocenters. The maximum atomic E-state index is 12.7. The van der Waals surface area contributed by atoms with Crippen molar-refractivity contribution in [2.45, 2.75) is 58.2 Å². The van der Waals surface area contributed by atoms with Crippen molar-refractivity contribution in [3.8, 4) is 0 Å². The van der Waals surface area contributed by atoms with Crippen molar-refractivity contribution < 1.29 is 4.79 Å². The number of carbonyl (C=O) groups excluding carboxylic acids is 1. The Balaban J connectivity index is 3.16. The number of amides is 1. The highest BCUT2D eigenvalue weighted by Gasteiger charge is 2.44. The van der Waals surface area contributed by atoms with Gasteiger partial charge >= 0.3 is 0 Å². The van der Waals surface area contributed by atoms with Crippen molar-refractivity contribution in [3.05, 3.63) is 0 Å². The largest absolute Gasteiger partial charge is 0.331 e. The van der Waals surface area contributed by atoms with E-state index in [-0.39, 0.29) is 23.0 Å². The molecule has 4 nitrogen and oxygen atoms in total. The van der Waals surface area contributed by atoms with Crippen molar-refractivity contribution in [2.24, 2.45) is 5.73 Å². The predicted octanol–water partition coefficient (Wildman–Crippen LogP) is 1.05. The Hall–Kier alpha value is -0.610. The third kappa shape index (κ3) is 2.80. The minimum atomic E-state index is -0.184. The summed E-state index contributed by atoms with van der Waals surface area (Å²) < 4.78 is 0. The summed E-state index contributed by atoms with van der Waals surface area (Å²) in [5.74, 6) is 0.157. The Morgan fingerprint density at radius 1 is 1.41 bits per heavy atom. The average Bonchev–Trinajstić information content (AvgIpc) is 2.20. The predicted molar refractivity (Wildman–Crippen MR) is 70.8 cm³/mol. The van der Waals surface area contributed by atoms with Gasteiger partial charge in [0, 0.05) is 24.2 Å². The van der Waals surface area contributed by atoms with Gasteiger partial charge in [-0.1, -0.05) is 0 Å². The Bertz CT molecular complexity index is 294. The van der Waals surface area contributed by atoms with Gasteiger partial charge in [-0.15, -0.1) is 0 Å². The zero-order valence-corrected chi connectivity index (χ0v) is 12.1. The molecule has 1 saturated heterocycles. The highest BCUT2D eigenvalue weighted by molar-refractivity contribution is 5.84. The molecule has 1 fully saturated rings. The van der Waals surface area contributed by atoms with Gasteiger partial charge in [0.05, 0.1) is 0 Å². The van der Waals surface area contributed by atoms with Gasteiger partial charge < -0.3 is 10.6 Å². The van der Waals surface area contributed by atoms with Crippen LogP contribution in [-0.4, -0.2) is 53.0 Å². The third-order valence-electron chi connectivity index (χ3n) is 3.61. The van der Waals surface area contributed by atoms with Gasteiger partial charge in [-0.3, -0.25) is 9.69 Å². The summed E-state index contributed by atoms with van der Waals surface area (Å²) in [6, 6.07) is -0.184. The molecule has 17 heavy (non-hydrogen) atoms. The van der Waals surface area contributed by atoms with E-state index in [2.05, 4.69) is 39.5 Å². The molecule has 0 aromatic heterocycles. The number of nitrogens with two attached hydrogens (primary N) is 1. The molecule has 0 aromatic rings. The molecule has 0 radical (unpaired) electrons. The molecular weight excluding hydrogens is 214 g/mol. The lowest BCUT2D eigenvalue weighted by Crippen LogP contribution is -2.60. The lowest BCUT2D eigenvalue weighted by atomic mass is 9.91. The minimum absolute atomic E-state index is 0.118. The van der Waals surface area contributed by atoms with E-state index in [4.69, 9.17) is 5.73 Å². The number of nitrogens with zero attached hydrogens (tertiary/aromatic N) is 2. The summed E-state index contributed by atoms with van der Waals surface area (Å²) in [5.41, 5.74) is 5.47. The van der Waals surface area contributed by atoms with Crippen LogP contribution in [0.4, 0.5) is 0 Å². The third-order valence-corrected chi connectivity index (χ3v) is 3.61. The van der Waals surface area contributed by atoms with Gasteiger partial charge in [-0.2, -0.15) is 0 Å². The molecule has 1 rings (SSSR count). The molecule has 1 aliphatic heterocycles. The van der Waals surface area contributed by atoms with Gasteiger partial charge in [0.25, 0.3) is 0 Å². The molecule has 0 aromatic carbocycles. The summed E-state index contributed by atoms with van der Waals surface area (Å²) in [6.07, 6.45) is 0.975. The molecule has 100 valence electrons. The van der Waals surface area contributed by atoms with Gasteiger partial charge in [0.2, 0.25) is 5.91 Å². The first kappa shape index (κ1) is 14.5. The number of hydrogen-bond acceptors (Lipinski definition) is 3. The first-order chi connectivity index (χ1) is 7.61. The Kier molecular flexibility index (Phi) is 3.89. The van der Waals surface area contributed by atoms with Crippen LogP contribution in [0.25, 0.3) is 0 Å². The normalized spacial score (nSPS) is 27.1. The van der Waals surface area contributed by atoms with E-state index in [0.29, 0.717) is 6.54 Å². The fourth-order valence-electron chi connectivity index (χ4n) is 2.87. The molecule has 1 aliphatic rings. The van der Waals surface area contributed by atoms with E-state index in [0.717, 1.165) is 13.0 Å². The zero-order chi connectivity index (χ0) is 13.4. The smallest absolute Gasteiger partial charge is 0.242 e. The van der Waals surface area contributed by atoms with Crippen LogP contribution in [-0.2, 0) is 4.79 Å². The second-order valence-electron chi connectivity index (χ2n) is 6.64. The molecule has 4 heteroatoms. The molecule has 0 saturated carbocycles. The zero-order valence-electron chi connectivity index (χ0n) is 12.1. The van der Waals surface area contributed by atoms with Crippen LogP contribution in [0.15, 0.2) is 0 Å². The SMILES string of the molecule is CN1CCC(C)(C)N(C(C)(C)C)C(=O)C1CN. The van der Waals surface area contributed by atoms with Crippen molar-refractivity contribution in [1.82, 2.24) is 9.80 Å². The van der Waals surface area contributed by atoms with Crippen LogP contribution >= 0.6 is 0 Å². The molecule has 2 N–H and O–H groups in total. The fraction of sp³-hybridized carbons (Fsp3) is 0.923. The van der Waals surface area contributed by atoms with E-state index in [9.17, 15) is 4.79 Å². The second-order valence-corrected chi connectivity index (χ2v) is 6.64. The molecular formula is C13H27N3O. The number of likely N-dealkylation sites (N-methyl/N-ethyl adjacent to an activating group) is 1. The van der Waals surface area contributed by atoms with E-state index in [1.165, 1.54) is 0 Å². The molecule has 1 unspecified atom stereocenters. The maximum Gasteiger partial charge on any atom is 0.242 e. The summed E-state index contributed by atoms with van der Waals surface area (Å²) in [5, 5.41) is 0. The standard InChI is InChI=1S/C13H27N3O/c1-12(2,3)16-11(17)10(9-14)15(6)8-7-13(16,4)5/h10H,7-9,14H2,1-6H3. The number of hydrogen-bond donors (Lipinski definition) is 1. The van der Waals surface area contributed by atoms with Crippen molar-refractivity contribution in [2.75, 3.05) is 20.1 Å². The van der Waals surface area contributed by atoms with Gasteiger partial charge in [0.1, 0.15) is 6.04 Å². The molecule has 0 spiro atoms. The summed E-state index contributed by atoms with van der Waals surface area (Å²) in [7, 11) is 1.98. The van der Waals surface area contributed by atoms with Crippen LogP contribution in [0, 0.1) is 0 Å². The van der Waals surface area contributed by atoms with E-state index >= 15 is 0 Å². The van der Waals surface area contributed by atoms with Crippen molar-refractivity contribution in [1.29, 1.82) is 0 Å². The van der Waals surface area contributed by atoms with Crippen LogP contribution in [0.2, 0.25) is 0 Å². The monoisotopic (exact) mass is 241 g/mol. The van der Waals surface area contributed by atoms with E-state index in [1.807, 2.05) is 11.9 Å².